The Balaban J connectivity index is 0.000000894. The number of methoxy groups -OCH3 is 1. The molecule has 0 aliphatic heterocycles. The van der Waals surface area contributed by atoms with Gasteiger partial charge in [0.25, 0.3) is 0 Å². The van der Waals surface area contributed by atoms with Gasteiger partial charge in [-0.15, -0.1) is 11.6 Å². The summed E-state index contributed by atoms with van der Waals surface area (Å²) in [4.78, 5) is 36.9. The van der Waals surface area contributed by atoms with Crippen molar-refractivity contribution in [2.75, 3.05) is 34.4 Å². The van der Waals surface area contributed by atoms with Crippen LogP contribution in [0.4, 0.5) is 8.78 Å². The number of hydrogen-bond acceptors (Lipinski definition) is 6. The number of hydrogen-bond donors (Lipinski definition) is 1. The number of nitrogens with two attached hydrogens (primary N) is 1. The number of likely N-dealkylation sites (N-methyl/N-ethyl adjacent to an activating group) is 1. The van der Waals surface area contributed by atoms with Crippen LogP contribution >= 0.6 is 0 Å². The Hall–Kier alpha value is -3.53. The quantitative estimate of drug-likeness (QED) is 0.0996. The summed E-state index contributed by atoms with van der Waals surface area (Å²) in [7, 11) is 5.42. The minimum absolute atomic E-state index is 0. The molecule has 0 saturated carbocycles. The van der Waals surface area contributed by atoms with E-state index in [0.717, 1.165) is 38.2 Å². The number of ether oxygens (including phenoxy) is 2. The second kappa shape index (κ2) is 21.4. The first-order chi connectivity index (χ1) is 21.5. The van der Waals surface area contributed by atoms with Crippen LogP contribution in [0, 0.1) is 31.6 Å². The Labute approximate surface area is 289 Å². The molecule has 11 heteroatoms. The molecule has 1 aromatic carbocycles. The van der Waals surface area contributed by atoms with Crippen molar-refractivity contribution in [2.45, 2.75) is 73.3 Å². The van der Waals surface area contributed by atoms with Crippen molar-refractivity contribution in [3.05, 3.63) is 93.0 Å². The minimum Gasteiger partial charge on any atom is -0.497 e. The van der Waals surface area contributed by atoms with Gasteiger partial charge < -0.3 is 29.5 Å². The first-order valence-corrected chi connectivity index (χ1v) is 15.3. The normalized spacial score (nSPS) is 12.2. The van der Waals surface area contributed by atoms with Crippen LogP contribution in [0.5, 0.6) is 5.75 Å². The first kappa shape index (κ1) is 43.5. The van der Waals surface area contributed by atoms with Gasteiger partial charge in [0.1, 0.15) is 11.6 Å². The zero-order valence-corrected chi connectivity index (χ0v) is 30.2. The van der Waals surface area contributed by atoms with Crippen LogP contribution in [0.1, 0.15) is 75.3 Å². The third-order valence-corrected chi connectivity index (χ3v) is 6.79. The molecule has 2 rings (SSSR count). The molecule has 0 fully saturated rings. The Kier molecular flexibility index (Phi) is 19.8. The molecule has 0 aliphatic carbocycles. The van der Waals surface area contributed by atoms with Gasteiger partial charge in [0.05, 0.1) is 32.0 Å². The van der Waals surface area contributed by atoms with Crippen molar-refractivity contribution >= 4 is 17.4 Å². The van der Waals surface area contributed by atoms with Gasteiger partial charge in [-0.2, -0.15) is 0 Å². The summed E-state index contributed by atoms with van der Waals surface area (Å²) in [5, 5.41) is 0. The average Bonchev–Trinajstić information content (AvgIpc) is 2.95. The van der Waals surface area contributed by atoms with Crippen LogP contribution in [0.25, 0.3) is 5.57 Å². The number of allylic oxidation sites excluding steroid dienone is 5. The van der Waals surface area contributed by atoms with Crippen LogP contribution in [0.2, 0.25) is 0 Å². The van der Waals surface area contributed by atoms with E-state index in [9.17, 15) is 23.2 Å². The van der Waals surface area contributed by atoms with Gasteiger partial charge >= 0.3 is 5.97 Å². The number of halogens is 2. The standard InChI is InChI=1S/C21H27FO3.C15H23FN3O2.Fe/c1-7-25-20(23)9-8-18(22)13-17(10-14(2)3)21-15(4)11-19(24-6)12-16(21)5;1-10(2)7-13(14(17)20)19-9-11(5-6-18(3)4)8-12(16)15(19)21;/h10-13H,2,7-9H2,1,3-6H3;9-10,13H,5-7H2,1-4H3,(H2,17,20);/q;-1;/b17-10+,18-13-;;. The van der Waals surface area contributed by atoms with Gasteiger partial charge in [0.2, 0.25) is 5.91 Å². The molecule has 8 nitrogen and oxygen atoms in total. The molecule has 262 valence electrons. The van der Waals surface area contributed by atoms with E-state index in [2.05, 4.69) is 12.6 Å². The fraction of sp³-hybridized carbons (Fsp3) is 0.472. The molecule has 47 heavy (non-hydrogen) atoms. The largest absolute Gasteiger partial charge is 0.497 e. The molecule has 1 heterocycles. The molecule has 1 aromatic heterocycles. The molecule has 0 radical (unpaired) electrons. The molecular formula is C36H50F2FeN3O5-. The Morgan fingerprint density at radius 2 is 1.74 bits per heavy atom. The van der Waals surface area contributed by atoms with Crippen molar-refractivity contribution in [1.29, 1.82) is 0 Å². The van der Waals surface area contributed by atoms with Crippen LogP contribution in [0.3, 0.4) is 0 Å². The minimum atomic E-state index is -0.971. The molecule has 0 spiro atoms. The SMILES string of the molecule is C=C(C)/C=C(\C=C(/F)CCC(=O)OCC)c1c(C)cc(OC)cc1C.CC(C)CC(C(N)=O)n1cc(CCN(C)C)[c-]c(F)c1=O.[Fe]. The van der Waals surface area contributed by atoms with Crippen LogP contribution in [-0.2, 0) is 37.8 Å². The van der Waals surface area contributed by atoms with E-state index in [4.69, 9.17) is 15.2 Å². The predicted octanol–water partition coefficient (Wildman–Crippen LogP) is 6.43. The summed E-state index contributed by atoms with van der Waals surface area (Å²) in [5.41, 5.74) is 9.52. The maximum Gasteiger partial charge on any atom is 0.306 e. The molecule has 0 aliphatic rings. The number of aromatic nitrogens is 1. The zero-order valence-electron chi connectivity index (χ0n) is 29.1. The predicted molar refractivity (Wildman–Crippen MR) is 180 cm³/mol. The average molecular weight is 699 g/mol. The van der Waals surface area contributed by atoms with Crippen molar-refractivity contribution < 1.29 is 44.9 Å². The molecule has 0 bridgehead atoms. The Morgan fingerprint density at radius 3 is 2.21 bits per heavy atom. The van der Waals surface area contributed by atoms with Gasteiger partial charge in [-0.05, 0) is 108 Å². The second-order valence-electron chi connectivity index (χ2n) is 11.9. The molecular weight excluding hydrogens is 648 g/mol. The number of amides is 1. The van der Waals surface area contributed by atoms with Crippen molar-refractivity contribution in [2.24, 2.45) is 11.7 Å². The third kappa shape index (κ3) is 15.3. The van der Waals surface area contributed by atoms with E-state index in [-0.39, 0.29) is 41.7 Å². The van der Waals surface area contributed by atoms with Gasteiger partial charge in [-0.25, -0.2) is 8.78 Å². The molecule has 1 amide bonds. The maximum absolute atomic E-state index is 14.4. The Bertz CT molecular complexity index is 1460. The zero-order chi connectivity index (χ0) is 35.1. The van der Waals surface area contributed by atoms with Gasteiger partial charge in [0, 0.05) is 23.5 Å². The number of carbonyl (C=O) groups excluding carboxylic acids is 2. The van der Waals surface area contributed by atoms with Gasteiger partial charge in [-0.3, -0.25) is 9.59 Å². The van der Waals surface area contributed by atoms with Crippen molar-refractivity contribution in [3.63, 3.8) is 0 Å². The Morgan fingerprint density at radius 1 is 1.15 bits per heavy atom. The van der Waals surface area contributed by atoms with Gasteiger partial charge in [0.15, 0.2) is 5.56 Å². The number of pyridine rings is 1. The molecule has 2 aromatic rings. The summed E-state index contributed by atoms with van der Waals surface area (Å²) >= 11 is 0. The molecule has 1 unspecified atom stereocenters. The molecule has 1 atom stereocenters. The number of primary amides is 1. The van der Waals surface area contributed by atoms with E-state index >= 15 is 0 Å². The van der Waals surface area contributed by atoms with Crippen LogP contribution in [-0.4, -0.2) is 55.7 Å². The fourth-order valence-electron chi connectivity index (χ4n) is 4.73. The van der Waals surface area contributed by atoms with E-state index in [0.29, 0.717) is 31.6 Å². The molecule has 0 saturated heterocycles. The van der Waals surface area contributed by atoms with E-state index in [1.165, 1.54) is 12.3 Å². The van der Waals surface area contributed by atoms with Crippen molar-refractivity contribution in [1.82, 2.24) is 9.47 Å². The van der Waals surface area contributed by atoms with Crippen LogP contribution in [0.15, 0.2) is 53.3 Å². The third-order valence-electron chi connectivity index (χ3n) is 6.79. The maximum atomic E-state index is 14.4. The summed E-state index contributed by atoms with van der Waals surface area (Å²) in [6, 6.07) is 5.44. The molecule has 2 N–H and O–H groups in total. The topological polar surface area (TPSA) is 104 Å². The first-order valence-electron chi connectivity index (χ1n) is 15.3. The fourth-order valence-corrected chi connectivity index (χ4v) is 4.73. The number of benzene rings is 1. The number of esters is 1. The summed E-state index contributed by atoms with van der Waals surface area (Å²) in [5.74, 6) is -1.44. The second-order valence-corrected chi connectivity index (χ2v) is 11.9. The summed E-state index contributed by atoms with van der Waals surface area (Å²) < 4.78 is 39.4. The number of rotatable bonds is 15. The monoisotopic (exact) mass is 698 g/mol. The van der Waals surface area contributed by atoms with E-state index in [1.54, 1.807) is 14.0 Å². The van der Waals surface area contributed by atoms with E-state index in [1.807, 2.05) is 71.8 Å². The van der Waals surface area contributed by atoms with Gasteiger partial charge in [-0.1, -0.05) is 38.3 Å². The summed E-state index contributed by atoms with van der Waals surface area (Å²) in [6.45, 7) is 16.2. The smallest absolute Gasteiger partial charge is 0.306 e. The van der Waals surface area contributed by atoms with E-state index < -0.39 is 29.3 Å². The van der Waals surface area contributed by atoms with Crippen LogP contribution < -0.4 is 16.0 Å². The number of nitrogens with zero attached hydrogens (tertiary/aromatic N) is 2. The van der Waals surface area contributed by atoms with Crippen molar-refractivity contribution in [3.8, 4) is 5.75 Å². The number of aryl methyl sites for hydroxylation is 2. The summed E-state index contributed by atoms with van der Waals surface area (Å²) in [6.07, 6.45) is 5.77. The number of carbonyl (C=O) groups is 2.